The number of carboxylic acids is 1. The molecule has 0 spiro atoms. The van der Waals surface area contributed by atoms with Crippen molar-refractivity contribution >= 4 is 12.0 Å². The number of halogens is 3. The average Bonchev–Trinajstić information content (AvgIpc) is 2.76. The molecule has 0 aromatic heterocycles. The summed E-state index contributed by atoms with van der Waals surface area (Å²) < 4.78 is 47.9. The predicted octanol–water partition coefficient (Wildman–Crippen LogP) is 4.89. The van der Waals surface area contributed by atoms with Crippen LogP contribution in [0.2, 0.25) is 0 Å². The molecule has 1 rings (SSSR count). The zero-order chi connectivity index (χ0) is 25.6. The molecule has 7 nitrogen and oxygen atoms in total. The first-order chi connectivity index (χ1) is 16.0. The van der Waals surface area contributed by atoms with Crippen LogP contribution in [0.4, 0.5) is 18.0 Å². The van der Waals surface area contributed by atoms with Crippen LogP contribution in [0.15, 0.2) is 24.3 Å². The number of carbonyl (C=O) groups is 2. The summed E-state index contributed by atoms with van der Waals surface area (Å²) in [6.07, 6.45) is -4.75. The van der Waals surface area contributed by atoms with E-state index in [2.05, 4.69) is 5.32 Å². The van der Waals surface area contributed by atoms with E-state index < -0.39 is 24.7 Å². The number of nitrogens with zero attached hydrogens (tertiary/aromatic N) is 1. The molecule has 0 saturated carbocycles. The minimum absolute atomic E-state index is 0.0415. The van der Waals surface area contributed by atoms with Gasteiger partial charge in [-0.3, -0.25) is 0 Å². The highest BCUT2D eigenvalue weighted by Crippen LogP contribution is 2.22. The van der Waals surface area contributed by atoms with Crippen molar-refractivity contribution in [2.45, 2.75) is 65.2 Å². The summed E-state index contributed by atoms with van der Waals surface area (Å²) in [5, 5.41) is 12.0. The number of benzene rings is 1. The zero-order valence-electron chi connectivity index (χ0n) is 20.2. The lowest BCUT2D eigenvalue weighted by molar-refractivity contribution is -0.150. The van der Waals surface area contributed by atoms with Gasteiger partial charge in [0.2, 0.25) is 0 Å². The molecular weight excluding hydrogens is 453 g/mol. The van der Waals surface area contributed by atoms with Crippen molar-refractivity contribution < 1.29 is 37.3 Å². The Balaban J connectivity index is 2.55. The minimum atomic E-state index is -4.16. The van der Waals surface area contributed by atoms with Crippen molar-refractivity contribution in [1.29, 1.82) is 0 Å². The van der Waals surface area contributed by atoms with Crippen molar-refractivity contribution in [3.63, 3.8) is 0 Å². The Kier molecular flexibility index (Phi) is 13.4. The van der Waals surface area contributed by atoms with Crippen molar-refractivity contribution in [3.8, 4) is 5.75 Å². The molecule has 0 saturated heterocycles. The van der Waals surface area contributed by atoms with E-state index in [1.807, 2.05) is 13.8 Å². The third-order valence-corrected chi connectivity index (χ3v) is 4.95. The molecule has 0 aliphatic rings. The molecule has 0 heterocycles. The Bertz CT molecular complexity index is 726. The topological polar surface area (TPSA) is 88.1 Å². The van der Waals surface area contributed by atoms with Gasteiger partial charge in [-0.1, -0.05) is 32.4 Å². The smallest absolute Gasteiger partial charge is 0.389 e. The first-order valence-electron chi connectivity index (χ1n) is 11.7. The first-order valence-corrected chi connectivity index (χ1v) is 11.7. The van der Waals surface area contributed by atoms with Crippen molar-refractivity contribution in [2.75, 3.05) is 32.8 Å². The highest BCUT2D eigenvalue weighted by atomic mass is 19.4. The van der Waals surface area contributed by atoms with E-state index in [-0.39, 0.29) is 37.9 Å². The maximum absolute atomic E-state index is 12.5. The number of nitrogens with one attached hydrogen (secondary N) is 1. The molecule has 2 amide bonds. The lowest BCUT2D eigenvalue weighted by Gasteiger charge is -2.24. The lowest BCUT2D eigenvalue weighted by Crippen LogP contribution is -2.43. The third-order valence-electron chi connectivity index (χ3n) is 4.95. The van der Waals surface area contributed by atoms with Gasteiger partial charge in [0.1, 0.15) is 12.4 Å². The number of hydrogen-bond acceptors (Lipinski definition) is 4. The van der Waals surface area contributed by atoms with Crippen LogP contribution in [0.1, 0.15) is 52.0 Å². The molecule has 0 bridgehead atoms. The van der Waals surface area contributed by atoms with Gasteiger partial charge < -0.3 is 24.8 Å². The number of urea groups is 1. The molecule has 0 aliphatic carbocycles. The number of carboxylic acid groups (broad SMARTS) is 1. The fraction of sp³-hybridized carbons (Fsp3) is 0.667. The van der Waals surface area contributed by atoms with Gasteiger partial charge in [-0.25, -0.2) is 9.59 Å². The number of ether oxygens (including phenoxy) is 2. The summed E-state index contributed by atoms with van der Waals surface area (Å²) in [7, 11) is 0. The first kappa shape index (κ1) is 29.5. The van der Waals surface area contributed by atoms with Crippen LogP contribution in [0.3, 0.4) is 0 Å². The number of aliphatic carboxylic acids is 1. The Morgan fingerprint density at radius 3 is 2.32 bits per heavy atom. The molecule has 34 heavy (non-hydrogen) atoms. The highest BCUT2D eigenvalue weighted by Gasteiger charge is 2.26. The molecule has 1 aromatic rings. The Morgan fingerprint density at radius 1 is 1.09 bits per heavy atom. The van der Waals surface area contributed by atoms with Gasteiger partial charge in [-0.05, 0) is 43.4 Å². The van der Waals surface area contributed by atoms with Crippen molar-refractivity contribution in [1.82, 2.24) is 10.2 Å². The number of rotatable bonds is 16. The standard InChI is InChI=1S/C24H37F3N2O5/c1-4-33-21(22(30)31)16-19-8-10-20(11-9-19)34-15-14-29(23(32)28-17-18(2)3)13-7-5-6-12-24(25,26)27/h8-11,18,21H,4-7,12-17H2,1-3H3,(H,28,32)(H,30,31). The van der Waals surface area contributed by atoms with E-state index in [0.717, 1.165) is 5.56 Å². The molecule has 2 N–H and O–H groups in total. The number of hydrogen-bond donors (Lipinski definition) is 2. The molecule has 1 atom stereocenters. The van der Waals surface area contributed by atoms with Crippen LogP contribution in [-0.2, 0) is 16.0 Å². The van der Waals surface area contributed by atoms with Crippen LogP contribution in [0, 0.1) is 5.92 Å². The molecule has 10 heteroatoms. The molecule has 1 unspecified atom stereocenters. The zero-order valence-corrected chi connectivity index (χ0v) is 20.2. The van der Waals surface area contributed by atoms with Gasteiger partial charge in [0, 0.05) is 32.5 Å². The summed E-state index contributed by atoms with van der Waals surface area (Å²) in [5.74, 6) is -0.174. The third kappa shape index (κ3) is 13.3. The van der Waals surface area contributed by atoms with Gasteiger partial charge in [0.25, 0.3) is 0 Å². The molecule has 194 valence electrons. The fourth-order valence-corrected chi connectivity index (χ4v) is 3.15. The van der Waals surface area contributed by atoms with Crippen molar-refractivity contribution in [3.05, 3.63) is 29.8 Å². The largest absolute Gasteiger partial charge is 0.492 e. The number of alkyl halides is 3. The Labute approximate surface area is 199 Å². The summed E-state index contributed by atoms with van der Waals surface area (Å²) in [5.41, 5.74) is 0.793. The van der Waals surface area contributed by atoms with Crippen LogP contribution in [0.25, 0.3) is 0 Å². The molecule has 0 radical (unpaired) electrons. The van der Waals surface area contributed by atoms with E-state index in [4.69, 9.17) is 9.47 Å². The Hall–Kier alpha value is -2.49. The average molecular weight is 491 g/mol. The summed E-state index contributed by atoms with van der Waals surface area (Å²) >= 11 is 0. The van der Waals surface area contributed by atoms with Gasteiger partial charge >= 0.3 is 18.2 Å². The summed E-state index contributed by atoms with van der Waals surface area (Å²) in [6, 6.07) is 6.70. The van der Waals surface area contributed by atoms with Crippen molar-refractivity contribution in [2.24, 2.45) is 5.92 Å². The van der Waals surface area contributed by atoms with Crippen LogP contribution >= 0.6 is 0 Å². The number of carbonyl (C=O) groups excluding carboxylic acids is 1. The van der Waals surface area contributed by atoms with Gasteiger partial charge in [0.05, 0.1) is 6.54 Å². The minimum Gasteiger partial charge on any atom is -0.492 e. The van der Waals surface area contributed by atoms with E-state index in [9.17, 15) is 27.9 Å². The second-order valence-electron chi connectivity index (χ2n) is 8.47. The second-order valence-corrected chi connectivity index (χ2v) is 8.47. The van der Waals surface area contributed by atoms with Gasteiger partial charge in [-0.15, -0.1) is 0 Å². The maximum atomic E-state index is 12.5. The monoisotopic (exact) mass is 490 g/mol. The van der Waals surface area contributed by atoms with Gasteiger partial charge in [0.15, 0.2) is 6.10 Å². The molecule has 0 fully saturated rings. The van der Waals surface area contributed by atoms with E-state index in [0.29, 0.717) is 38.3 Å². The quantitative estimate of drug-likeness (QED) is 0.322. The van der Waals surface area contributed by atoms with E-state index >= 15 is 0 Å². The van der Waals surface area contributed by atoms with Crippen LogP contribution in [-0.4, -0.2) is 67.1 Å². The van der Waals surface area contributed by atoms with E-state index in [1.165, 1.54) is 0 Å². The summed E-state index contributed by atoms with van der Waals surface area (Å²) in [4.78, 5) is 25.3. The predicted molar refractivity (Wildman–Crippen MR) is 123 cm³/mol. The summed E-state index contributed by atoms with van der Waals surface area (Å²) in [6.45, 7) is 7.35. The van der Waals surface area contributed by atoms with Crippen LogP contribution in [0.5, 0.6) is 5.75 Å². The second kappa shape index (κ2) is 15.4. The fourth-order valence-electron chi connectivity index (χ4n) is 3.15. The highest BCUT2D eigenvalue weighted by molar-refractivity contribution is 5.74. The Morgan fingerprint density at radius 2 is 1.76 bits per heavy atom. The van der Waals surface area contributed by atoms with Crippen LogP contribution < -0.4 is 10.1 Å². The molecule has 1 aromatic carbocycles. The number of amides is 2. The SMILES string of the molecule is CCOC(Cc1ccc(OCCN(CCCCCC(F)(F)F)C(=O)NCC(C)C)cc1)C(=O)O. The molecular formula is C24H37F3N2O5. The van der Waals surface area contributed by atoms with Gasteiger partial charge in [-0.2, -0.15) is 13.2 Å². The van der Waals surface area contributed by atoms with E-state index in [1.54, 1.807) is 36.1 Å². The lowest BCUT2D eigenvalue weighted by atomic mass is 10.1. The molecule has 0 aliphatic heterocycles. The number of unbranched alkanes of at least 4 members (excludes halogenated alkanes) is 2. The normalized spacial score (nSPS) is 12.4. The maximum Gasteiger partial charge on any atom is 0.389 e.